The molecule has 0 aliphatic rings. The third kappa shape index (κ3) is 5.33. The second-order valence-corrected chi connectivity index (χ2v) is 4.57. The van der Waals surface area contributed by atoms with Crippen molar-refractivity contribution in [3.63, 3.8) is 0 Å². The summed E-state index contributed by atoms with van der Waals surface area (Å²) >= 11 is 0. The first-order chi connectivity index (χ1) is 10.3. The Kier molecular flexibility index (Phi) is 7.91. The van der Waals surface area contributed by atoms with E-state index in [0.717, 1.165) is 22.6 Å². The van der Waals surface area contributed by atoms with Gasteiger partial charge < -0.3 is 14.8 Å². The van der Waals surface area contributed by atoms with Gasteiger partial charge >= 0.3 is 0 Å². The second-order valence-electron chi connectivity index (χ2n) is 4.57. The van der Waals surface area contributed by atoms with Gasteiger partial charge in [-0.25, -0.2) is 0 Å². The lowest BCUT2D eigenvalue weighted by Gasteiger charge is -2.12. The quantitative estimate of drug-likeness (QED) is 0.627. The van der Waals surface area contributed by atoms with E-state index in [4.69, 9.17) is 15.9 Å². The molecule has 4 heteroatoms. The fraction of sp³-hybridized carbons (Fsp3) is 0.222. The molecule has 0 aliphatic carbocycles. The van der Waals surface area contributed by atoms with Crippen LogP contribution >= 0.6 is 12.4 Å². The van der Waals surface area contributed by atoms with Crippen molar-refractivity contribution in [1.82, 2.24) is 5.32 Å². The van der Waals surface area contributed by atoms with Crippen LogP contribution in [0.25, 0.3) is 0 Å². The molecule has 2 aromatic rings. The van der Waals surface area contributed by atoms with Crippen LogP contribution in [0.4, 0.5) is 0 Å². The van der Waals surface area contributed by atoms with Crippen LogP contribution in [-0.2, 0) is 13.2 Å². The summed E-state index contributed by atoms with van der Waals surface area (Å²) in [5, 5.41) is 3.15. The van der Waals surface area contributed by atoms with Crippen LogP contribution in [0.15, 0.2) is 48.5 Å². The molecule has 0 fully saturated rings. The number of nitrogens with one attached hydrogen (secondary N) is 1. The molecule has 2 aromatic carbocycles. The first-order valence-corrected chi connectivity index (χ1v) is 6.81. The Morgan fingerprint density at radius 2 is 1.82 bits per heavy atom. The molecule has 0 spiro atoms. The zero-order valence-electron chi connectivity index (χ0n) is 12.5. The van der Waals surface area contributed by atoms with Gasteiger partial charge in [-0.05, 0) is 23.3 Å². The Hall–Kier alpha value is -2.15. The molecular weight excluding hydrogens is 298 g/mol. The number of rotatable bonds is 7. The van der Waals surface area contributed by atoms with Crippen LogP contribution in [0, 0.1) is 12.3 Å². The Morgan fingerprint density at radius 1 is 1.05 bits per heavy atom. The van der Waals surface area contributed by atoms with E-state index in [1.54, 1.807) is 7.11 Å². The van der Waals surface area contributed by atoms with E-state index in [2.05, 4.69) is 11.2 Å². The van der Waals surface area contributed by atoms with Gasteiger partial charge in [-0.1, -0.05) is 42.3 Å². The van der Waals surface area contributed by atoms with Gasteiger partial charge in [-0.15, -0.1) is 18.8 Å². The molecule has 116 valence electrons. The number of hydrogen-bond acceptors (Lipinski definition) is 3. The molecule has 22 heavy (non-hydrogen) atoms. The second kappa shape index (κ2) is 9.73. The van der Waals surface area contributed by atoms with Crippen molar-refractivity contribution in [1.29, 1.82) is 0 Å². The molecule has 0 radical (unpaired) electrons. The van der Waals surface area contributed by atoms with Crippen molar-refractivity contribution in [2.75, 3.05) is 13.7 Å². The molecule has 3 nitrogen and oxygen atoms in total. The number of hydrogen-bond donors (Lipinski definition) is 1. The van der Waals surface area contributed by atoms with Gasteiger partial charge in [-0.3, -0.25) is 0 Å². The summed E-state index contributed by atoms with van der Waals surface area (Å²) in [6.45, 7) is 1.78. The van der Waals surface area contributed by atoms with Gasteiger partial charge in [0.25, 0.3) is 0 Å². The number of ether oxygens (including phenoxy) is 2. The molecule has 0 atom stereocenters. The van der Waals surface area contributed by atoms with Crippen molar-refractivity contribution in [2.24, 2.45) is 0 Å². The minimum atomic E-state index is 0. The zero-order valence-corrected chi connectivity index (χ0v) is 13.4. The van der Waals surface area contributed by atoms with E-state index in [-0.39, 0.29) is 12.4 Å². The van der Waals surface area contributed by atoms with E-state index in [0.29, 0.717) is 19.7 Å². The highest BCUT2D eigenvalue weighted by Crippen LogP contribution is 2.28. The average Bonchev–Trinajstić information content (AvgIpc) is 2.54. The first-order valence-electron chi connectivity index (χ1n) is 6.81. The minimum absolute atomic E-state index is 0. The van der Waals surface area contributed by atoms with Gasteiger partial charge in [-0.2, -0.15) is 0 Å². The number of methoxy groups -OCH3 is 1. The van der Waals surface area contributed by atoms with E-state index in [1.165, 1.54) is 0 Å². The number of halogens is 1. The van der Waals surface area contributed by atoms with Crippen LogP contribution in [-0.4, -0.2) is 13.7 Å². The van der Waals surface area contributed by atoms with Crippen LogP contribution in [0.2, 0.25) is 0 Å². The van der Waals surface area contributed by atoms with Crippen LogP contribution in [0.3, 0.4) is 0 Å². The fourth-order valence-electron chi connectivity index (χ4n) is 1.96. The summed E-state index contributed by atoms with van der Waals surface area (Å²) in [6.07, 6.45) is 5.21. The Labute approximate surface area is 138 Å². The Morgan fingerprint density at radius 3 is 2.50 bits per heavy atom. The van der Waals surface area contributed by atoms with Crippen molar-refractivity contribution in [2.45, 2.75) is 13.2 Å². The van der Waals surface area contributed by atoms with Crippen LogP contribution < -0.4 is 14.8 Å². The molecule has 1 N–H and O–H groups in total. The van der Waals surface area contributed by atoms with Gasteiger partial charge in [0.2, 0.25) is 0 Å². The highest BCUT2D eigenvalue weighted by molar-refractivity contribution is 5.85. The largest absolute Gasteiger partial charge is 0.493 e. The van der Waals surface area contributed by atoms with Gasteiger partial charge in [0.05, 0.1) is 13.7 Å². The maximum absolute atomic E-state index is 5.82. The molecule has 0 aromatic heterocycles. The molecule has 0 aliphatic heterocycles. The lowest BCUT2D eigenvalue weighted by Crippen LogP contribution is -2.13. The third-order valence-corrected chi connectivity index (χ3v) is 3.02. The smallest absolute Gasteiger partial charge is 0.161 e. The van der Waals surface area contributed by atoms with E-state index >= 15 is 0 Å². The standard InChI is InChI=1S/C18H19NO2.ClH/c1-3-11-19-13-16-9-10-17(18(12-16)20-2)21-14-15-7-5-4-6-8-15;/h1,4-10,12,19H,11,13-14H2,2H3;1H. The van der Waals surface area contributed by atoms with E-state index in [9.17, 15) is 0 Å². The van der Waals surface area contributed by atoms with Crippen molar-refractivity contribution in [3.05, 3.63) is 59.7 Å². The fourth-order valence-corrected chi connectivity index (χ4v) is 1.96. The average molecular weight is 318 g/mol. The molecule has 0 saturated heterocycles. The van der Waals surface area contributed by atoms with Gasteiger partial charge in [0.1, 0.15) is 6.61 Å². The van der Waals surface area contributed by atoms with Crippen LogP contribution in [0.1, 0.15) is 11.1 Å². The zero-order chi connectivity index (χ0) is 14.9. The lowest BCUT2D eigenvalue weighted by molar-refractivity contribution is 0.284. The number of benzene rings is 2. The van der Waals surface area contributed by atoms with Crippen molar-refractivity contribution >= 4 is 12.4 Å². The summed E-state index contributed by atoms with van der Waals surface area (Å²) in [7, 11) is 1.64. The predicted octanol–water partition coefficient (Wildman–Crippen LogP) is 3.42. The van der Waals surface area contributed by atoms with Gasteiger partial charge in [0, 0.05) is 6.54 Å². The molecular formula is C18H20ClNO2. The Bertz CT molecular complexity index is 608. The molecule has 0 heterocycles. The summed E-state index contributed by atoms with van der Waals surface area (Å²) in [4.78, 5) is 0. The molecule has 0 saturated carbocycles. The maximum Gasteiger partial charge on any atom is 0.161 e. The SMILES string of the molecule is C#CCNCc1ccc(OCc2ccccc2)c(OC)c1.Cl. The highest BCUT2D eigenvalue weighted by Gasteiger charge is 2.06. The van der Waals surface area contributed by atoms with Crippen molar-refractivity contribution < 1.29 is 9.47 Å². The monoisotopic (exact) mass is 317 g/mol. The number of terminal acetylenes is 1. The molecule has 0 amide bonds. The van der Waals surface area contributed by atoms with E-state index in [1.807, 2.05) is 48.5 Å². The topological polar surface area (TPSA) is 30.5 Å². The summed E-state index contributed by atoms with van der Waals surface area (Å²) < 4.78 is 11.2. The summed E-state index contributed by atoms with van der Waals surface area (Å²) in [5.41, 5.74) is 2.23. The lowest BCUT2D eigenvalue weighted by atomic mass is 10.2. The van der Waals surface area contributed by atoms with E-state index < -0.39 is 0 Å². The maximum atomic E-state index is 5.82. The summed E-state index contributed by atoms with van der Waals surface area (Å²) in [6, 6.07) is 15.9. The van der Waals surface area contributed by atoms with Crippen LogP contribution in [0.5, 0.6) is 11.5 Å². The highest BCUT2D eigenvalue weighted by atomic mass is 35.5. The first kappa shape index (κ1) is 17.9. The predicted molar refractivity (Wildman–Crippen MR) is 91.6 cm³/mol. The molecule has 2 rings (SSSR count). The Balaban J connectivity index is 0.00000242. The van der Waals surface area contributed by atoms with Crippen molar-refractivity contribution in [3.8, 4) is 23.8 Å². The normalized spacial score (nSPS) is 9.45. The van der Waals surface area contributed by atoms with Gasteiger partial charge in [0.15, 0.2) is 11.5 Å². The molecule has 0 bridgehead atoms. The molecule has 0 unspecified atom stereocenters. The third-order valence-electron chi connectivity index (χ3n) is 3.02. The summed E-state index contributed by atoms with van der Waals surface area (Å²) in [5.74, 6) is 4.02. The minimum Gasteiger partial charge on any atom is -0.493 e.